The van der Waals surface area contributed by atoms with Gasteiger partial charge in [0.2, 0.25) is 0 Å². The third kappa shape index (κ3) is 9.44. The van der Waals surface area contributed by atoms with Crippen LogP contribution in [0.5, 0.6) is 0 Å². The number of Topliss-reactive ketones (excluding diaryl/α,β-unsaturated/α-hetero) is 2. The van der Waals surface area contributed by atoms with Crippen LogP contribution in [0, 0.1) is 36.7 Å². The summed E-state index contributed by atoms with van der Waals surface area (Å²) < 4.78 is 37.9. The molecule has 0 spiro atoms. The van der Waals surface area contributed by atoms with E-state index in [1.54, 1.807) is 48.5 Å². The number of nitrogens with one attached hydrogen (secondary N) is 1. The number of likely N-dealkylation sites (N-methyl/N-ethyl adjacent to an activating group) is 1. The van der Waals surface area contributed by atoms with Gasteiger partial charge in [-0.15, -0.1) is 6.20 Å². The van der Waals surface area contributed by atoms with Crippen LogP contribution in [0.15, 0.2) is 12.4 Å². The standard InChI is InChI=1S/C38H56N3O12.Re/c1-13-27-38(10)31(39-35(46)52-38)22(5)28(43)20(3)17-37(9,53-36(47)41-15-14-19(2)18-41)32(23(6)29(44)24(7)33(45)50-27)51-34-30(49-25(8)42)26(40(11)12)16-21(4)48-34;/h15,18,20-24,26-27,30-32,34H,13,16-17H2,1-12H3,(H,39,46);/q-1;/t20-,21-,22+,23+,24-,26+,27-,30-,31-,32-,34+,37-,38-;/m1./s1. The summed E-state index contributed by atoms with van der Waals surface area (Å²) in [6.45, 7) is 16.1. The average molecular weight is 933 g/mol. The Morgan fingerprint density at radius 1 is 1.06 bits per heavy atom. The summed E-state index contributed by atoms with van der Waals surface area (Å²) in [5.41, 5.74) is -2.53. The van der Waals surface area contributed by atoms with E-state index in [-0.39, 0.29) is 51.2 Å². The molecule has 54 heavy (non-hydrogen) atoms. The summed E-state index contributed by atoms with van der Waals surface area (Å²) in [6, 6.07) is 1.66. The molecule has 0 aliphatic carbocycles. The molecule has 303 valence electrons. The van der Waals surface area contributed by atoms with Crippen LogP contribution in [0.4, 0.5) is 9.59 Å². The molecule has 1 aromatic heterocycles. The van der Waals surface area contributed by atoms with Gasteiger partial charge in [0.1, 0.15) is 29.5 Å². The first kappa shape index (κ1) is 45.2. The molecule has 1 amide bonds. The SMILES string of the molecule is CC[C@H]1OC(=O)[C@H](C)C(=O)[C@H](C)[C@@H](O[C@@H]2O[C@H](C)C[C@H](N(C)C)[C@H]2OC(C)=O)[C@](C)(OC(=O)n2c[c-]c(C)c2)C[C@@H](C)C(=O)[C@H](C)[C@H]2NC(=O)O[C@@]21C.[Re]. The van der Waals surface area contributed by atoms with Crippen LogP contribution < -0.4 is 5.32 Å². The molecule has 1 N–H and O–H groups in total. The van der Waals surface area contributed by atoms with Crippen LogP contribution in [-0.4, -0.2) is 113 Å². The number of fused-ring (bicyclic) bond motifs is 1. The number of alkyl carbamates (subject to hydrolysis) is 1. The van der Waals surface area contributed by atoms with Crippen molar-refractivity contribution in [1.29, 1.82) is 0 Å². The zero-order chi connectivity index (χ0) is 39.7. The van der Waals surface area contributed by atoms with E-state index >= 15 is 0 Å². The second-order valence-corrected chi connectivity index (χ2v) is 15.6. The van der Waals surface area contributed by atoms with Crippen molar-refractivity contribution in [2.45, 2.75) is 142 Å². The Hall–Kier alpha value is -3.16. The molecule has 0 unspecified atom stereocenters. The fourth-order valence-electron chi connectivity index (χ4n) is 8.20. The summed E-state index contributed by atoms with van der Waals surface area (Å²) in [5, 5.41) is 2.74. The quantitative estimate of drug-likeness (QED) is 0.188. The van der Waals surface area contributed by atoms with Crippen LogP contribution >= 0.6 is 0 Å². The van der Waals surface area contributed by atoms with Crippen LogP contribution in [0.2, 0.25) is 0 Å². The summed E-state index contributed by atoms with van der Waals surface area (Å²) in [4.78, 5) is 83.5. The maximum absolute atomic E-state index is 14.4. The molecule has 13 atom stereocenters. The van der Waals surface area contributed by atoms with Crippen molar-refractivity contribution in [2.24, 2.45) is 23.7 Å². The van der Waals surface area contributed by atoms with Gasteiger partial charge < -0.3 is 43.2 Å². The number of cyclic esters (lactones) is 1. The van der Waals surface area contributed by atoms with E-state index in [0.717, 1.165) is 0 Å². The third-order valence-electron chi connectivity index (χ3n) is 11.0. The molecule has 0 saturated carbocycles. The summed E-state index contributed by atoms with van der Waals surface area (Å²) >= 11 is 0. The summed E-state index contributed by atoms with van der Waals surface area (Å²) in [5.74, 6) is -6.59. The van der Waals surface area contributed by atoms with Crippen molar-refractivity contribution < 1.29 is 77.6 Å². The molecule has 0 bridgehead atoms. The Balaban J connectivity index is 0.00000784. The third-order valence-corrected chi connectivity index (χ3v) is 11.0. The fourth-order valence-corrected chi connectivity index (χ4v) is 8.20. The Bertz CT molecular complexity index is 1570. The van der Waals surface area contributed by atoms with Crippen LogP contribution in [0.3, 0.4) is 0 Å². The molecule has 3 fully saturated rings. The second kappa shape index (κ2) is 17.8. The topological polar surface area (TPSA) is 178 Å². The maximum Gasteiger partial charge on any atom is 0.408 e. The monoisotopic (exact) mass is 933 g/mol. The van der Waals surface area contributed by atoms with E-state index in [0.29, 0.717) is 12.0 Å². The van der Waals surface area contributed by atoms with Gasteiger partial charge in [0.05, 0.1) is 18.2 Å². The normalized spacial score (nSPS) is 37.9. The minimum absolute atomic E-state index is 0. The van der Waals surface area contributed by atoms with E-state index in [2.05, 4.69) is 11.4 Å². The molecule has 3 aliphatic rings. The number of rotatable bonds is 6. The van der Waals surface area contributed by atoms with Crippen LogP contribution in [0.1, 0.15) is 87.1 Å². The zero-order valence-electron chi connectivity index (χ0n) is 33.3. The first-order valence-corrected chi connectivity index (χ1v) is 18.3. The molecule has 0 aromatic carbocycles. The molecule has 1 radical (unpaired) electrons. The van der Waals surface area contributed by atoms with Gasteiger partial charge >= 0.3 is 24.1 Å². The van der Waals surface area contributed by atoms with Crippen molar-refractivity contribution in [1.82, 2.24) is 14.8 Å². The second-order valence-electron chi connectivity index (χ2n) is 15.6. The van der Waals surface area contributed by atoms with E-state index in [9.17, 15) is 28.8 Å². The number of carbonyl (C=O) groups is 6. The largest absolute Gasteiger partial charge is 0.458 e. The van der Waals surface area contributed by atoms with Crippen molar-refractivity contribution >= 4 is 35.7 Å². The van der Waals surface area contributed by atoms with Gasteiger partial charge in [0, 0.05) is 45.1 Å². The first-order chi connectivity index (χ1) is 24.6. The number of aromatic nitrogens is 1. The number of carbonyl (C=O) groups excluding carboxylic acids is 6. The van der Waals surface area contributed by atoms with E-state index in [1.807, 2.05) is 25.9 Å². The summed E-state index contributed by atoms with van der Waals surface area (Å²) in [7, 11) is 3.67. The Kier molecular flexibility index (Phi) is 14.9. The number of hydrogen-bond acceptors (Lipinski definition) is 13. The maximum atomic E-state index is 14.4. The van der Waals surface area contributed by atoms with Crippen LogP contribution in [-0.2, 0) is 68.0 Å². The molecule has 4 rings (SSSR count). The van der Waals surface area contributed by atoms with Gasteiger partial charge in [-0.3, -0.25) is 19.2 Å². The van der Waals surface area contributed by atoms with E-state index in [1.165, 1.54) is 30.8 Å². The summed E-state index contributed by atoms with van der Waals surface area (Å²) in [6.07, 6.45) is -3.08. The van der Waals surface area contributed by atoms with Crippen LogP contribution in [0.25, 0.3) is 0 Å². The van der Waals surface area contributed by atoms with E-state index < -0.39 is 95.4 Å². The Morgan fingerprint density at radius 2 is 1.70 bits per heavy atom. The van der Waals surface area contributed by atoms with Crippen molar-refractivity contribution in [3.05, 3.63) is 24.0 Å². The molecule has 1 aromatic rings. The number of hydrogen-bond donors (Lipinski definition) is 1. The molecule has 3 saturated heterocycles. The van der Waals surface area contributed by atoms with Gasteiger partial charge in [-0.05, 0) is 61.1 Å². The number of aryl methyl sites for hydroxylation is 1. The Morgan fingerprint density at radius 3 is 2.26 bits per heavy atom. The number of ketones is 2. The van der Waals surface area contributed by atoms with Gasteiger partial charge in [-0.25, -0.2) is 21.2 Å². The van der Waals surface area contributed by atoms with Gasteiger partial charge in [0.25, 0.3) is 0 Å². The minimum atomic E-state index is -1.75. The van der Waals surface area contributed by atoms with Crippen molar-refractivity contribution in [2.75, 3.05) is 14.1 Å². The predicted molar refractivity (Wildman–Crippen MR) is 188 cm³/mol. The minimum Gasteiger partial charge on any atom is -0.458 e. The smallest absolute Gasteiger partial charge is 0.408 e. The Labute approximate surface area is 331 Å². The molecular weight excluding hydrogens is 877 g/mol. The number of ether oxygens (including phenoxy) is 6. The molecule has 15 nitrogen and oxygen atoms in total. The first-order valence-electron chi connectivity index (χ1n) is 18.3. The zero-order valence-corrected chi connectivity index (χ0v) is 36.0. The average Bonchev–Trinajstić information content (AvgIpc) is 3.66. The predicted octanol–water partition coefficient (Wildman–Crippen LogP) is 3.99. The number of nitrogens with zero attached hydrogens (tertiary/aromatic N) is 2. The van der Waals surface area contributed by atoms with Gasteiger partial charge in [-0.2, -0.15) is 0 Å². The number of amides is 1. The van der Waals surface area contributed by atoms with Gasteiger partial charge in [0.15, 0.2) is 23.8 Å². The molecular formula is C38H56N3O12Re-. The fraction of sp³-hybridized carbons (Fsp3) is 0.737. The van der Waals surface area contributed by atoms with Gasteiger partial charge in [-0.1, -0.05) is 40.8 Å². The molecule has 16 heteroatoms. The molecule has 4 heterocycles. The number of esters is 2. The van der Waals surface area contributed by atoms with Crippen molar-refractivity contribution in [3.8, 4) is 0 Å². The molecule has 3 aliphatic heterocycles. The van der Waals surface area contributed by atoms with Crippen molar-refractivity contribution in [3.63, 3.8) is 0 Å². The van der Waals surface area contributed by atoms with E-state index in [4.69, 9.17) is 28.4 Å².